The third-order valence-corrected chi connectivity index (χ3v) is 2.49. The highest BCUT2D eigenvalue weighted by molar-refractivity contribution is 5.76. The van der Waals surface area contributed by atoms with Gasteiger partial charge in [0.25, 0.3) is 0 Å². The minimum atomic E-state index is 0.194. The Labute approximate surface area is 88.6 Å². The van der Waals surface area contributed by atoms with Crippen LogP contribution in [0.2, 0.25) is 0 Å². The molecule has 82 valence electrons. The molecular weight excluding hydrogens is 172 g/mol. The fourth-order valence-corrected chi connectivity index (χ4v) is 1.83. The van der Waals surface area contributed by atoms with Gasteiger partial charge in [-0.05, 0) is 31.6 Å². The third-order valence-electron chi connectivity index (χ3n) is 2.49. The van der Waals surface area contributed by atoms with Crippen molar-refractivity contribution in [3.8, 4) is 0 Å². The Bertz CT molecular complexity index is 180. The predicted molar refractivity (Wildman–Crippen MR) is 62.4 cm³/mol. The van der Waals surface area contributed by atoms with E-state index in [0.717, 1.165) is 12.8 Å². The first-order valence-electron chi connectivity index (χ1n) is 5.58. The van der Waals surface area contributed by atoms with Gasteiger partial charge in [-0.15, -0.1) is 6.58 Å². The summed E-state index contributed by atoms with van der Waals surface area (Å²) in [6.45, 7) is 9.75. The Balaban J connectivity index is 3.54. The summed E-state index contributed by atoms with van der Waals surface area (Å²) < 4.78 is 0. The van der Waals surface area contributed by atoms with E-state index in [1.54, 1.807) is 6.92 Å². The smallest absolute Gasteiger partial charge is 0.130 e. The van der Waals surface area contributed by atoms with E-state index >= 15 is 0 Å². The SMILES string of the molecule is C=CCCCCCC(C)(C)CC(C)=O. The number of rotatable bonds is 8. The van der Waals surface area contributed by atoms with Gasteiger partial charge in [0.1, 0.15) is 5.78 Å². The topological polar surface area (TPSA) is 17.1 Å². The molecule has 0 aliphatic rings. The molecule has 0 radical (unpaired) electrons. The van der Waals surface area contributed by atoms with E-state index < -0.39 is 0 Å². The molecule has 0 atom stereocenters. The van der Waals surface area contributed by atoms with Gasteiger partial charge in [0.05, 0.1) is 0 Å². The molecule has 0 aromatic rings. The zero-order chi connectivity index (χ0) is 11.0. The molecule has 0 rings (SSSR count). The van der Waals surface area contributed by atoms with Crippen LogP contribution < -0.4 is 0 Å². The molecule has 0 heterocycles. The first kappa shape index (κ1) is 13.4. The fraction of sp³-hybridized carbons (Fsp3) is 0.769. The van der Waals surface area contributed by atoms with E-state index in [4.69, 9.17) is 0 Å². The van der Waals surface area contributed by atoms with Crippen molar-refractivity contribution < 1.29 is 4.79 Å². The third kappa shape index (κ3) is 8.03. The highest BCUT2D eigenvalue weighted by Crippen LogP contribution is 2.28. The quantitative estimate of drug-likeness (QED) is 0.421. The van der Waals surface area contributed by atoms with E-state index in [-0.39, 0.29) is 5.41 Å². The molecule has 1 nitrogen and oxygen atoms in total. The molecule has 14 heavy (non-hydrogen) atoms. The van der Waals surface area contributed by atoms with Gasteiger partial charge in [-0.3, -0.25) is 0 Å². The summed E-state index contributed by atoms with van der Waals surface area (Å²) in [6, 6.07) is 0. The first-order chi connectivity index (χ1) is 6.48. The van der Waals surface area contributed by atoms with E-state index in [1.807, 2.05) is 6.08 Å². The highest BCUT2D eigenvalue weighted by Gasteiger charge is 2.18. The van der Waals surface area contributed by atoms with Crippen molar-refractivity contribution in [3.63, 3.8) is 0 Å². The second kappa shape index (κ2) is 6.80. The molecule has 0 saturated carbocycles. The van der Waals surface area contributed by atoms with Crippen LogP contribution in [0.1, 0.15) is 59.3 Å². The van der Waals surface area contributed by atoms with Gasteiger partial charge in [0, 0.05) is 6.42 Å². The molecule has 0 saturated heterocycles. The van der Waals surface area contributed by atoms with Crippen molar-refractivity contribution >= 4 is 5.78 Å². The maximum Gasteiger partial charge on any atom is 0.130 e. The number of hydrogen-bond acceptors (Lipinski definition) is 1. The van der Waals surface area contributed by atoms with Crippen LogP contribution in [0.3, 0.4) is 0 Å². The van der Waals surface area contributed by atoms with E-state index in [1.165, 1.54) is 19.3 Å². The summed E-state index contributed by atoms with van der Waals surface area (Å²) >= 11 is 0. The van der Waals surface area contributed by atoms with Gasteiger partial charge < -0.3 is 4.79 Å². The van der Waals surface area contributed by atoms with Gasteiger partial charge in [0.15, 0.2) is 0 Å². The number of allylic oxidation sites excluding steroid dienone is 1. The molecule has 0 amide bonds. The largest absolute Gasteiger partial charge is 0.300 e. The lowest BCUT2D eigenvalue weighted by molar-refractivity contribution is -0.118. The van der Waals surface area contributed by atoms with E-state index in [0.29, 0.717) is 12.2 Å². The van der Waals surface area contributed by atoms with Gasteiger partial charge in [-0.2, -0.15) is 0 Å². The zero-order valence-corrected chi connectivity index (χ0v) is 9.94. The van der Waals surface area contributed by atoms with Crippen molar-refractivity contribution in [2.75, 3.05) is 0 Å². The van der Waals surface area contributed by atoms with Crippen LogP contribution in [0, 0.1) is 5.41 Å². The van der Waals surface area contributed by atoms with Crippen LogP contribution >= 0.6 is 0 Å². The zero-order valence-electron chi connectivity index (χ0n) is 9.94. The number of hydrogen-bond donors (Lipinski definition) is 0. The van der Waals surface area contributed by atoms with Gasteiger partial charge >= 0.3 is 0 Å². The van der Waals surface area contributed by atoms with Crippen molar-refractivity contribution in [3.05, 3.63) is 12.7 Å². The summed E-state index contributed by atoms with van der Waals surface area (Å²) in [5.74, 6) is 0.307. The maximum absolute atomic E-state index is 11.0. The minimum Gasteiger partial charge on any atom is -0.300 e. The maximum atomic E-state index is 11.0. The van der Waals surface area contributed by atoms with Crippen LogP contribution in [0.25, 0.3) is 0 Å². The van der Waals surface area contributed by atoms with Crippen LogP contribution in [0.5, 0.6) is 0 Å². The average molecular weight is 196 g/mol. The van der Waals surface area contributed by atoms with Gasteiger partial charge in [0.2, 0.25) is 0 Å². The van der Waals surface area contributed by atoms with Crippen LogP contribution in [-0.2, 0) is 4.79 Å². The summed E-state index contributed by atoms with van der Waals surface area (Å²) in [5, 5.41) is 0. The lowest BCUT2D eigenvalue weighted by Crippen LogP contribution is -2.15. The Morgan fingerprint density at radius 3 is 2.43 bits per heavy atom. The Kier molecular flexibility index (Phi) is 6.52. The van der Waals surface area contributed by atoms with E-state index in [2.05, 4.69) is 20.4 Å². The van der Waals surface area contributed by atoms with Gasteiger partial charge in [-0.1, -0.05) is 32.8 Å². The van der Waals surface area contributed by atoms with Gasteiger partial charge in [-0.25, -0.2) is 0 Å². The number of carbonyl (C=O) groups is 1. The molecule has 0 fully saturated rings. The lowest BCUT2D eigenvalue weighted by atomic mass is 9.82. The Hall–Kier alpha value is -0.590. The van der Waals surface area contributed by atoms with Crippen LogP contribution in [0.4, 0.5) is 0 Å². The average Bonchev–Trinajstić information content (AvgIpc) is 2.01. The van der Waals surface area contributed by atoms with Crippen LogP contribution in [-0.4, -0.2) is 5.78 Å². The standard InChI is InChI=1S/C13H24O/c1-5-6-7-8-9-10-13(3,4)11-12(2)14/h5H,1,6-11H2,2-4H3. The lowest BCUT2D eigenvalue weighted by Gasteiger charge is -2.22. The summed E-state index contributed by atoms with van der Waals surface area (Å²) in [7, 11) is 0. The number of unbranched alkanes of at least 4 members (excludes halogenated alkanes) is 3. The predicted octanol–water partition coefficient (Wildman–Crippen LogP) is 4.13. The van der Waals surface area contributed by atoms with Crippen molar-refractivity contribution in [1.82, 2.24) is 0 Å². The fourth-order valence-electron chi connectivity index (χ4n) is 1.83. The number of ketones is 1. The minimum absolute atomic E-state index is 0.194. The van der Waals surface area contributed by atoms with E-state index in [9.17, 15) is 4.79 Å². The second-order valence-electron chi connectivity index (χ2n) is 4.93. The molecule has 0 aromatic carbocycles. The van der Waals surface area contributed by atoms with Crippen molar-refractivity contribution in [1.29, 1.82) is 0 Å². The Morgan fingerprint density at radius 2 is 1.93 bits per heavy atom. The molecule has 1 heteroatoms. The molecule has 0 bridgehead atoms. The second-order valence-corrected chi connectivity index (χ2v) is 4.93. The molecule has 0 unspecified atom stereocenters. The number of Topliss-reactive ketones (excluding diaryl/α,β-unsaturated/α-hetero) is 1. The normalized spacial score (nSPS) is 11.4. The Morgan fingerprint density at radius 1 is 1.29 bits per heavy atom. The summed E-state index contributed by atoms with van der Waals surface area (Å²) in [5.41, 5.74) is 0.194. The van der Waals surface area contributed by atoms with Crippen LogP contribution in [0.15, 0.2) is 12.7 Å². The summed E-state index contributed by atoms with van der Waals surface area (Å²) in [6.07, 6.45) is 8.69. The molecule has 0 spiro atoms. The summed E-state index contributed by atoms with van der Waals surface area (Å²) in [4.78, 5) is 11.0. The number of carbonyl (C=O) groups excluding carboxylic acids is 1. The molecule has 0 N–H and O–H groups in total. The monoisotopic (exact) mass is 196 g/mol. The molecule has 0 aliphatic heterocycles. The highest BCUT2D eigenvalue weighted by atomic mass is 16.1. The molecule has 0 aliphatic carbocycles. The first-order valence-corrected chi connectivity index (χ1v) is 5.58. The van der Waals surface area contributed by atoms with Crippen molar-refractivity contribution in [2.24, 2.45) is 5.41 Å². The molecular formula is C13H24O. The molecule has 0 aromatic heterocycles. The van der Waals surface area contributed by atoms with Crippen molar-refractivity contribution in [2.45, 2.75) is 59.3 Å².